The first kappa shape index (κ1) is 20.3. The number of thioether (sulfide) groups is 1. The second-order valence-electron chi connectivity index (χ2n) is 7.20. The van der Waals surface area contributed by atoms with Crippen LogP contribution in [0.4, 0.5) is 0 Å². The SMILES string of the molecule is COC1C(C)[C@H]2OC(c3ccccc3)OCC2O[C@@H]1Sc1cc(C)cnc1Br. The maximum absolute atomic E-state index is 6.39. The molecule has 0 spiro atoms. The molecule has 0 N–H and O–H groups in total. The Hall–Kier alpha value is -0.960. The standard InChI is InChI=1S/C21H24BrNO4S/c1-12-9-16(19(22)23-10-12)28-21-18(24-3)13(2)17-15(26-21)11-25-20(27-17)14-7-5-4-6-8-14/h4-10,13,15,17-18,20-21H,11H2,1-3H3/t13?,15?,17-,18?,20?,21-/m1/s1. The third-order valence-electron chi connectivity index (χ3n) is 5.20. The lowest BCUT2D eigenvalue weighted by Gasteiger charge is -2.48. The Balaban J connectivity index is 1.51. The Kier molecular flexibility index (Phi) is 6.40. The Morgan fingerprint density at radius 3 is 2.75 bits per heavy atom. The van der Waals surface area contributed by atoms with Crippen LogP contribution in [0, 0.1) is 12.8 Å². The summed E-state index contributed by atoms with van der Waals surface area (Å²) in [5.74, 6) is 0.160. The molecule has 2 fully saturated rings. The monoisotopic (exact) mass is 465 g/mol. The highest BCUT2D eigenvalue weighted by atomic mass is 79.9. The van der Waals surface area contributed by atoms with Crippen LogP contribution in [0.15, 0.2) is 52.1 Å². The van der Waals surface area contributed by atoms with Crippen LogP contribution in [0.25, 0.3) is 0 Å². The van der Waals surface area contributed by atoms with Gasteiger partial charge in [-0.25, -0.2) is 4.98 Å². The minimum Gasteiger partial charge on any atom is -0.377 e. The molecule has 0 amide bonds. The van der Waals surface area contributed by atoms with Crippen molar-refractivity contribution in [2.45, 2.75) is 48.8 Å². The zero-order valence-electron chi connectivity index (χ0n) is 16.1. The van der Waals surface area contributed by atoms with Gasteiger partial charge >= 0.3 is 0 Å². The summed E-state index contributed by atoms with van der Waals surface area (Å²) >= 11 is 5.17. The Morgan fingerprint density at radius 1 is 1.21 bits per heavy atom. The van der Waals surface area contributed by atoms with E-state index in [0.717, 1.165) is 20.6 Å². The van der Waals surface area contributed by atoms with Crippen LogP contribution >= 0.6 is 27.7 Å². The van der Waals surface area contributed by atoms with Gasteiger partial charge in [0.15, 0.2) is 6.29 Å². The summed E-state index contributed by atoms with van der Waals surface area (Å²) in [6.45, 7) is 4.69. The molecule has 7 heteroatoms. The van der Waals surface area contributed by atoms with E-state index < -0.39 is 0 Å². The number of nitrogens with zero attached hydrogens (tertiary/aromatic N) is 1. The van der Waals surface area contributed by atoms with Crippen molar-refractivity contribution < 1.29 is 18.9 Å². The molecule has 0 aliphatic carbocycles. The van der Waals surface area contributed by atoms with Crippen LogP contribution in [0.1, 0.15) is 24.3 Å². The molecule has 28 heavy (non-hydrogen) atoms. The normalized spacial score (nSPS) is 32.7. The molecule has 0 radical (unpaired) electrons. The van der Waals surface area contributed by atoms with Crippen molar-refractivity contribution in [1.82, 2.24) is 4.98 Å². The van der Waals surface area contributed by atoms with Gasteiger partial charge in [0.2, 0.25) is 0 Å². The van der Waals surface area contributed by atoms with Gasteiger partial charge in [0.05, 0.1) is 18.8 Å². The van der Waals surface area contributed by atoms with E-state index in [2.05, 4.69) is 33.9 Å². The topological polar surface area (TPSA) is 49.8 Å². The van der Waals surface area contributed by atoms with Crippen LogP contribution in [0.3, 0.4) is 0 Å². The summed E-state index contributed by atoms with van der Waals surface area (Å²) in [5, 5.41) is 0. The first-order chi connectivity index (χ1) is 13.6. The van der Waals surface area contributed by atoms with Gasteiger partial charge in [-0.2, -0.15) is 0 Å². The van der Waals surface area contributed by atoms with Gasteiger partial charge in [-0.05, 0) is 34.5 Å². The minimum atomic E-state index is -0.370. The number of rotatable bonds is 4. The number of halogens is 1. The lowest BCUT2D eigenvalue weighted by molar-refractivity contribution is -0.309. The lowest BCUT2D eigenvalue weighted by Crippen LogP contribution is -2.57. The fourth-order valence-electron chi connectivity index (χ4n) is 3.75. The van der Waals surface area contributed by atoms with Crippen molar-refractivity contribution in [2.24, 2.45) is 5.92 Å². The van der Waals surface area contributed by atoms with Gasteiger partial charge in [-0.15, -0.1) is 0 Å². The number of methoxy groups -OCH3 is 1. The number of pyridine rings is 1. The lowest BCUT2D eigenvalue weighted by atomic mass is 9.90. The summed E-state index contributed by atoms with van der Waals surface area (Å²) in [6, 6.07) is 12.1. The molecule has 6 atom stereocenters. The van der Waals surface area contributed by atoms with E-state index in [9.17, 15) is 0 Å². The van der Waals surface area contributed by atoms with Gasteiger partial charge in [0, 0.05) is 29.7 Å². The smallest absolute Gasteiger partial charge is 0.184 e. The molecule has 1 aromatic carbocycles. The largest absolute Gasteiger partial charge is 0.377 e. The molecule has 0 saturated carbocycles. The summed E-state index contributed by atoms with van der Waals surface area (Å²) in [7, 11) is 1.73. The molecule has 3 heterocycles. The van der Waals surface area contributed by atoms with Crippen molar-refractivity contribution >= 4 is 27.7 Å². The molecular formula is C21H24BrNO4S. The molecule has 2 aliphatic heterocycles. The molecule has 150 valence electrons. The fourth-order valence-corrected chi connectivity index (χ4v) is 5.59. The molecule has 0 bridgehead atoms. The van der Waals surface area contributed by atoms with Crippen molar-refractivity contribution in [3.63, 3.8) is 0 Å². The molecule has 4 unspecified atom stereocenters. The van der Waals surface area contributed by atoms with Crippen LogP contribution in [0.5, 0.6) is 0 Å². The predicted octanol–water partition coefficient (Wildman–Crippen LogP) is 4.73. The number of aromatic nitrogens is 1. The molecule has 1 aromatic heterocycles. The third kappa shape index (κ3) is 4.15. The molecular weight excluding hydrogens is 442 g/mol. The Bertz CT molecular complexity index is 808. The average Bonchev–Trinajstić information content (AvgIpc) is 2.71. The number of benzene rings is 1. The first-order valence-corrected chi connectivity index (χ1v) is 11.0. The van der Waals surface area contributed by atoms with Gasteiger partial charge < -0.3 is 18.9 Å². The molecule has 5 nitrogen and oxygen atoms in total. The number of fused-ring (bicyclic) bond motifs is 1. The maximum atomic E-state index is 6.39. The van der Waals surface area contributed by atoms with Crippen LogP contribution < -0.4 is 0 Å². The van der Waals surface area contributed by atoms with E-state index in [1.807, 2.05) is 43.5 Å². The molecule has 2 aliphatic rings. The number of aryl methyl sites for hydroxylation is 1. The van der Waals surface area contributed by atoms with E-state index >= 15 is 0 Å². The van der Waals surface area contributed by atoms with Crippen molar-refractivity contribution in [2.75, 3.05) is 13.7 Å². The number of ether oxygens (including phenoxy) is 4. The zero-order chi connectivity index (χ0) is 19.7. The second-order valence-corrected chi connectivity index (χ2v) is 9.09. The Morgan fingerprint density at radius 2 is 2.00 bits per heavy atom. The van der Waals surface area contributed by atoms with Crippen molar-refractivity contribution in [1.29, 1.82) is 0 Å². The summed E-state index contributed by atoms with van der Waals surface area (Å²) < 4.78 is 25.3. The predicted molar refractivity (Wildman–Crippen MR) is 111 cm³/mol. The van der Waals surface area contributed by atoms with E-state index in [0.29, 0.717) is 6.61 Å². The zero-order valence-corrected chi connectivity index (χ0v) is 18.5. The fraction of sp³-hybridized carbons (Fsp3) is 0.476. The van der Waals surface area contributed by atoms with Crippen LogP contribution in [-0.2, 0) is 18.9 Å². The second kappa shape index (κ2) is 8.81. The highest BCUT2D eigenvalue weighted by Crippen LogP contribution is 2.43. The highest BCUT2D eigenvalue weighted by molar-refractivity contribution is 9.10. The maximum Gasteiger partial charge on any atom is 0.184 e. The van der Waals surface area contributed by atoms with Gasteiger partial charge in [0.25, 0.3) is 0 Å². The van der Waals surface area contributed by atoms with Gasteiger partial charge in [-0.3, -0.25) is 0 Å². The van der Waals surface area contributed by atoms with Crippen molar-refractivity contribution in [3.05, 3.63) is 58.3 Å². The average molecular weight is 466 g/mol. The highest BCUT2D eigenvalue weighted by Gasteiger charge is 2.48. The number of hydrogen-bond donors (Lipinski definition) is 0. The van der Waals surface area contributed by atoms with E-state index in [1.54, 1.807) is 18.9 Å². The minimum absolute atomic E-state index is 0.0835. The molecule has 4 rings (SSSR count). The van der Waals surface area contributed by atoms with E-state index in [4.69, 9.17) is 18.9 Å². The Labute approximate surface area is 178 Å². The first-order valence-electron chi connectivity index (χ1n) is 9.36. The number of hydrogen-bond acceptors (Lipinski definition) is 6. The summed E-state index contributed by atoms with van der Waals surface area (Å²) in [6.07, 6.45) is 1.16. The third-order valence-corrected chi connectivity index (χ3v) is 7.27. The van der Waals surface area contributed by atoms with Crippen LogP contribution in [-0.4, -0.2) is 42.4 Å². The van der Waals surface area contributed by atoms with Gasteiger partial charge in [-0.1, -0.05) is 49.0 Å². The quantitative estimate of drug-likeness (QED) is 0.607. The van der Waals surface area contributed by atoms with E-state index in [-0.39, 0.29) is 36.0 Å². The van der Waals surface area contributed by atoms with Crippen LogP contribution in [0.2, 0.25) is 0 Å². The van der Waals surface area contributed by atoms with Crippen molar-refractivity contribution in [3.8, 4) is 0 Å². The molecule has 2 aromatic rings. The summed E-state index contributed by atoms with van der Waals surface area (Å²) in [5.41, 5.74) is 1.96. The molecule has 2 saturated heterocycles. The summed E-state index contributed by atoms with van der Waals surface area (Å²) in [4.78, 5) is 5.43. The van der Waals surface area contributed by atoms with Gasteiger partial charge in [0.1, 0.15) is 16.1 Å². The van der Waals surface area contributed by atoms with E-state index in [1.165, 1.54) is 0 Å².